The van der Waals surface area contributed by atoms with Crippen LogP contribution in [-0.4, -0.2) is 48.7 Å². The van der Waals surface area contributed by atoms with Gasteiger partial charge in [-0.2, -0.15) is 0 Å². The zero-order chi connectivity index (χ0) is 18.9. The molecule has 2 heterocycles. The number of likely N-dealkylation sites (tertiary alicyclic amines) is 1. The van der Waals surface area contributed by atoms with Crippen molar-refractivity contribution in [3.05, 3.63) is 30.0 Å². The number of rotatable bonds is 3. The average Bonchev–Trinajstić information content (AvgIpc) is 3.19. The van der Waals surface area contributed by atoms with Gasteiger partial charge in [-0.1, -0.05) is 0 Å². The number of nitrogens with zero attached hydrogens (tertiary/aromatic N) is 1. The van der Waals surface area contributed by atoms with Gasteiger partial charge >= 0.3 is 6.09 Å². The van der Waals surface area contributed by atoms with Gasteiger partial charge in [-0.15, -0.1) is 0 Å². The number of hydrogen-bond acceptors (Lipinski definition) is 5. The van der Waals surface area contributed by atoms with E-state index in [0.717, 1.165) is 5.39 Å². The summed E-state index contributed by atoms with van der Waals surface area (Å²) in [6.45, 7) is 6.49. The maximum absolute atomic E-state index is 12.6. The van der Waals surface area contributed by atoms with Crippen LogP contribution < -0.4 is 10.1 Å². The van der Waals surface area contributed by atoms with E-state index in [1.54, 1.807) is 30.2 Å². The number of ether oxygens (including phenoxy) is 2. The summed E-state index contributed by atoms with van der Waals surface area (Å²) < 4.78 is 16.0. The van der Waals surface area contributed by atoms with Gasteiger partial charge in [0.25, 0.3) is 5.91 Å². The number of amides is 2. The smallest absolute Gasteiger partial charge is 0.410 e. The maximum atomic E-state index is 12.6. The highest BCUT2D eigenvalue weighted by atomic mass is 16.6. The van der Waals surface area contributed by atoms with E-state index >= 15 is 0 Å². The summed E-state index contributed by atoms with van der Waals surface area (Å²) in [4.78, 5) is 26.3. The van der Waals surface area contributed by atoms with E-state index in [4.69, 9.17) is 13.9 Å². The molecule has 1 saturated heterocycles. The molecule has 3 rings (SSSR count). The molecule has 1 N–H and O–H groups in total. The highest BCUT2D eigenvalue weighted by Crippen LogP contribution is 2.26. The molecule has 26 heavy (non-hydrogen) atoms. The quantitative estimate of drug-likeness (QED) is 0.909. The van der Waals surface area contributed by atoms with Crippen LogP contribution in [0.4, 0.5) is 4.79 Å². The average molecular weight is 360 g/mol. The molecular weight excluding hydrogens is 336 g/mol. The van der Waals surface area contributed by atoms with Gasteiger partial charge < -0.3 is 24.1 Å². The normalized spacial score (nSPS) is 17.4. The Morgan fingerprint density at radius 1 is 1.31 bits per heavy atom. The second-order valence-corrected chi connectivity index (χ2v) is 7.40. The van der Waals surface area contributed by atoms with Crippen molar-refractivity contribution in [1.82, 2.24) is 10.2 Å². The van der Waals surface area contributed by atoms with Crippen molar-refractivity contribution in [2.45, 2.75) is 38.8 Å². The molecular formula is C19H24N2O5. The molecule has 0 aliphatic carbocycles. The van der Waals surface area contributed by atoms with Crippen LogP contribution in [0.2, 0.25) is 0 Å². The number of nitrogens with one attached hydrogen (secondary N) is 1. The molecule has 2 aromatic rings. The van der Waals surface area contributed by atoms with Gasteiger partial charge in [0.1, 0.15) is 23.2 Å². The molecule has 1 fully saturated rings. The van der Waals surface area contributed by atoms with E-state index in [1.807, 2.05) is 20.8 Å². The van der Waals surface area contributed by atoms with E-state index in [0.29, 0.717) is 36.4 Å². The second kappa shape index (κ2) is 6.90. The van der Waals surface area contributed by atoms with Gasteiger partial charge in [0.05, 0.1) is 12.7 Å². The summed E-state index contributed by atoms with van der Waals surface area (Å²) in [6.07, 6.45) is 1.78. The van der Waals surface area contributed by atoms with Crippen LogP contribution in [0.3, 0.4) is 0 Å². The fourth-order valence-corrected chi connectivity index (χ4v) is 2.94. The summed E-state index contributed by atoms with van der Waals surface area (Å²) in [6, 6.07) is 5.22. The van der Waals surface area contributed by atoms with E-state index in [1.165, 1.54) is 6.26 Å². The van der Waals surface area contributed by atoms with Crippen molar-refractivity contribution in [1.29, 1.82) is 0 Å². The Morgan fingerprint density at radius 3 is 2.77 bits per heavy atom. The minimum Gasteiger partial charge on any atom is -0.497 e. The highest BCUT2D eigenvalue weighted by molar-refractivity contribution is 6.06. The summed E-state index contributed by atoms with van der Waals surface area (Å²) in [5.41, 5.74) is 0.532. The molecule has 0 unspecified atom stereocenters. The summed E-state index contributed by atoms with van der Waals surface area (Å²) in [5, 5.41) is 3.70. The second-order valence-electron chi connectivity index (χ2n) is 7.40. The molecule has 0 spiro atoms. The van der Waals surface area contributed by atoms with Crippen LogP contribution in [0, 0.1) is 0 Å². The SMILES string of the molecule is COc1ccc2c(C(=O)N[C@H]3CCN(C(=O)OC(C)(C)C)C3)coc2c1. The lowest BCUT2D eigenvalue weighted by molar-refractivity contribution is 0.0290. The first kappa shape index (κ1) is 18.1. The monoisotopic (exact) mass is 360 g/mol. The molecule has 1 aliphatic heterocycles. The first-order valence-corrected chi connectivity index (χ1v) is 8.61. The number of hydrogen-bond donors (Lipinski definition) is 1. The van der Waals surface area contributed by atoms with Crippen molar-refractivity contribution in [3.63, 3.8) is 0 Å². The number of methoxy groups -OCH3 is 1. The van der Waals surface area contributed by atoms with E-state index in [9.17, 15) is 9.59 Å². The third-order valence-corrected chi connectivity index (χ3v) is 4.20. The minimum atomic E-state index is -0.533. The van der Waals surface area contributed by atoms with Crippen molar-refractivity contribution < 1.29 is 23.5 Å². The van der Waals surface area contributed by atoms with Crippen molar-refractivity contribution in [2.24, 2.45) is 0 Å². The van der Waals surface area contributed by atoms with Gasteiger partial charge in [0.15, 0.2) is 0 Å². The molecule has 1 aromatic carbocycles. The Hall–Kier alpha value is -2.70. The lowest BCUT2D eigenvalue weighted by Crippen LogP contribution is -2.40. The fraction of sp³-hybridized carbons (Fsp3) is 0.474. The van der Waals surface area contributed by atoms with E-state index in [2.05, 4.69) is 5.32 Å². The number of carbonyl (C=O) groups is 2. The van der Waals surface area contributed by atoms with Gasteiger partial charge in [-0.3, -0.25) is 4.79 Å². The van der Waals surface area contributed by atoms with Crippen LogP contribution in [0.5, 0.6) is 5.75 Å². The zero-order valence-electron chi connectivity index (χ0n) is 15.5. The molecule has 2 amide bonds. The third-order valence-electron chi connectivity index (χ3n) is 4.20. The van der Waals surface area contributed by atoms with Gasteiger partial charge in [-0.25, -0.2) is 4.79 Å². The largest absolute Gasteiger partial charge is 0.497 e. The van der Waals surface area contributed by atoms with Crippen molar-refractivity contribution in [3.8, 4) is 5.75 Å². The Balaban J connectivity index is 1.63. The molecule has 0 bridgehead atoms. The van der Waals surface area contributed by atoms with Gasteiger partial charge in [0, 0.05) is 30.6 Å². The topological polar surface area (TPSA) is 81.0 Å². The number of fused-ring (bicyclic) bond motifs is 1. The highest BCUT2D eigenvalue weighted by Gasteiger charge is 2.31. The van der Waals surface area contributed by atoms with Crippen molar-refractivity contribution >= 4 is 23.0 Å². The number of furan rings is 1. The molecule has 1 aromatic heterocycles. The van der Waals surface area contributed by atoms with Gasteiger partial charge in [-0.05, 0) is 39.3 Å². The Morgan fingerprint density at radius 2 is 2.08 bits per heavy atom. The van der Waals surface area contributed by atoms with Gasteiger partial charge in [0.2, 0.25) is 0 Å². The van der Waals surface area contributed by atoms with Crippen LogP contribution in [0.1, 0.15) is 37.6 Å². The predicted octanol–water partition coefficient (Wildman–Crippen LogP) is 3.18. The van der Waals surface area contributed by atoms with Crippen LogP contribution >= 0.6 is 0 Å². The standard InChI is InChI=1S/C19H24N2O5/c1-19(2,3)26-18(23)21-8-7-12(10-21)20-17(22)15-11-25-16-9-13(24-4)5-6-14(15)16/h5-6,9,11-12H,7-8,10H2,1-4H3,(H,20,22)/t12-/m0/s1. The molecule has 140 valence electrons. The summed E-state index contributed by atoms with van der Waals surface area (Å²) in [5.74, 6) is 0.451. The zero-order valence-corrected chi connectivity index (χ0v) is 15.5. The molecule has 0 saturated carbocycles. The van der Waals surface area contributed by atoms with Crippen molar-refractivity contribution in [2.75, 3.05) is 20.2 Å². The predicted molar refractivity (Wildman–Crippen MR) is 96.4 cm³/mol. The van der Waals surface area contributed by atoms with Crippen LogP contribution in [-0.2, 0) is 4.74 Å². The van der Waals surface area contributed by atoms with E-state index in [-0.39, 0.29) is 18.0 Å². The summed E-state index contributed by atoms with van der Waals surface area (Å²) in [7, 11) is 1.58. The lowest BCUT2D eigenvalue weighted by Gasteiger charge is -2.24. The van der Waals surface area contributed by atoms with Crippen LogP contribution in [0.15, 0.2) is 28.9 Å². The fourth-order valence-electron chi connectivity index (χ4n) is 2.94. The molecule has 0 radical (unpaired) electrons. The first-order valence-electron chi connectivity index (χ1n) is 8.61. The molecule has 7 heteroatoms. The molecule has 1 atom stereocenters. The maximum Gasteiger partial charge on any atom is 0.410 e. The molecule has 1 aliphatic rings. The van der Waals surface area contributed by atoms with Crippen LogP contribution in [0.25, 0.3) is 11.0 Å². The first-order chi connectivity index (χ1) is 12.3. The Labute approximate surface area is 152 Å². The lowest BCUT2D eigenvalue weighted by atomic mass is 10.1. The molecule has 7 nitrogen and oxygen atoms in total. The Kier molecular flexibility index (Phi) is 4.80. The Bertz CT molecular complexity index is 821. The van der Waals surface area contributed by atoms with E-state index < -0.39 is 5.60 Å². The minimum absolute atomic E-state index is 0.113. The third kappa shape index (κ3) is 3.92. The number of benzene rings is 1. The number of carbonyl (C=O) groups excluding carboxylic acids is 2. The summed E-state index contributed by atoms with van der Waals surface area (Å²) >= 11 is 0.